The van der Waals surface area contributed by atoms with E-state index in [9.17, 15) is 13.2 Å². The van der Waals surface area contributed by atoms with Crippen LogP contribution in [0, 0.1) is 6.92 Å². The van der Waals surface area contributed by atoms with Gasteiger partial charge in [0, 0.05) is 11.0 Å². The molecule has 0 aliphatic rings. The molecule has 0 bridgehead atoms. The molecular weight excluding hydrogens is 368 g/mol. The Morgan fingerprint density at radius 1 is 1.23 bits per heavy atom. The molecule has 2 aromatic carbocycles. The van der Waals surface area contributed by atoms with E-state index in [1.807, 2.05) is 31.2 Å². The number of hydrogen-bond acceptors (Lipinski definition) is 3. The number of carbonyl (C=O) groups is 1. The second kappa shape index (κ2) is 6.60. The van der Waals surface area contributed by atoms with Crippen LogP contribution in [-0.4, -0.2) is 14.3 Å². The van der Waals surface area contributed by atoms with E-state index >= 15 is 0 Å². The van der Waals surface area contributed by atoms with E-state index in [1.54, 1.807) is 0 Å². The lowest BCUT2D eigenvalue weighted by Crippen LogP contribution is -2.24. The molecule has 22 heavy (non-hydrogen) atoms. The van der Waals surface area contributed by atoms with Crippen LogP contribution < -0.4 is 10.5 Å². The third-order valence-corrected chi connectivity index (χ3v) is 4.65. The summed E-state index contributed by atoms with van der Waals surface area (Å²) in [6.07, 6.45) is 0. The van der Waals surface area contributed by atoms with Crippen molar-refractivity contribution in [2.45, 2.75) is 18.4 Å². The number of nitrogens with one attached hydrogen (secondary N) is 1. The predicted molar refractivity (Wildman–Crippen MR) is 87.9 cm³/mol. The highest BCUT2D eigenvalue weighted by molar-refractivity contribution is 9.10. The molecule has 5 nitrogen and oxygen atoms in total. The standard InChI is InChI=1S/C15H15BrN2O3S/c1-10-3-2-4-11(7-10)9-18-15(19)13-8-12(22(17,20)21)5-6-14(13)16/h2-8H,9H2,1H3,(H,18,19)(H2,17,20,21). The number of nitrogens with two attached hydrogens (primary N) is 1. The van der Waals surface area contributed by atoms with Crippen molar-refractivity contribution in [3.05, 3.63) is 63.6 Å². The maximum absolute atomic E-state index is 12.2. The Morgan fingerprint density at radius 3 is 2.59 bits per heavy atom. The monoisotopic (exact) mass is 382 g/mol. The SMILES string of the molecule is Cc1cccc(CNC(=O)c2cc(S(N)(=O)=O)ccc2Br)c1. The molecule has 0 aliphatic heterocycles. The summed E-state index contributed by atoms with van der Waals surface area (Å²) in [5.41, 5.74) is 2.29. The van der Waals surface area contributed by atoms with E-state index in [4.69, 9.17) is 5.14 Å². The van der Waals surface area contributed by atoms with Gasteiger partial charge in [0.05, 0.1) is 10.5 Å². The third kappa shape index (κ3) is 4.16. The van der Waals surface area contributed by atoms with Gasteiger partial charge in [-0.1, -0.05) is 29.8 Å². The molecule has 3 N–H and O–H groups in total. The fourth-order valence-corrected chi connectivity index (χ4v) is 2.92. The second-order valence-electron chi connectivity index (χ2n) is 4.86. The summed E-state index contributed by atoms with van der Waals surface area (Å²) in [5.74, 6) is -0.376. The van der Waals surface area contributed by atoms with Gasteiger partial charge in [0.2, 0.25) is 10.0 Å². The first-order valence-electron chi connectivity index (χ1n) is 6.43. The molecule has 0 aliphatic carbocycles. The average Bonchev–Trinajstić information content (AvgIpc) is 2.44. The Morgan fingerprint density at radius 2 is 1.95 bits per heavy atom. The zero-order valence-corrected chi connectivity index (χ0v) is 14.2. The third-order valence-electron chi connectivity index (χ3n) is 3.05. The maximum Gasteiger partial charge on any atom is 0.252 e. The van der Waals surface area contributed by atoms with Crippen molar-refractivity contribution in [2.24, 2.45) is 5.14 Å². The maximum atomic E-state index is 12.2. The van der Waals surface area contributed by atoms with Gasteiger partial charge >= 0.3 is 0 Å². The first-order chi connectivity index (χ1) is 10.3. The minimum absolute atomic E-state index is 0.101. The number of hydrogen-bond donors (Lipinski definition) is 2. The summed E-state index contributed by atoms with van der Waals surface area (Å²) >= 11 is 3.24. The smallest absolute Gasteiger partial charge is 0.252 e. The largest absolute Gasteiger partial charge is 0.348 e. The molecule has 0 spiro atoms. The van der Waals surface area contributed by atoms with Crippen molar-refractivity contribution < 1.29 is 13.2 Å². The molecule has 2 rings (SSSR count). The Labute approximate surface area is 137 Å². The summed E-state index contributed by atoms with van der Waals surface area (Å²) in [7, 11) is -3.85. The molecule has 1 amide bonds. The zero-order valence-electron chi connectivity index (χ0n) is 11.8. The summed E-state index contributed by atoms with van der Waals surface area (Å²) < 4.78 is 23.2. The van der Waals surface area contributed by atoms with Crippen molar-refractivity contribution in [1.82, 2.24) is 5.32 Å². The highest BCUT2D eigenvalue weighted by Crippen LogP contribution is 2.20. The topological polar surface area (TPSA) is 89.3 Å². The quantitative estimate of drug-likeness (QED) is 0.849. The zero-order chi connectivity index (χ0) is 16.3. The summed E-state index contributed by atoms with van der Waals surface area (Å²) in [5, 5.41) is 7.84. The fraction of sp³-hybridized carbons (Fsp3) is 0.133. The van der Waals surface area contributed by atoms with Crippen molar-refractivity contribution in [3.63, 3.8) is 0 Å². The molecular formula is C15H15BrN2O3S. The van der Waals surface area contributed by atoms with Gasteiger partial charge in [-0.2, -0.15) is 0 Å². The van der Waals surface area contributed by atoms with E-state index in [0.29, 0.717) is 11.0 Å². The number of carbonyl (C=O) groups excluding carboxylic acids is 1. The highest BCUT2D eigenvalue weighted by Gasteiger charge is 2.15. The summed E-state index contributed by atoms with van der Waals surface area (Å²) in [6, 6.07) is 11.8. The first kappa shape index (κ1) is 16.7. The van der Waals surface area contributed by atoms with Crippen LogP contribution in [0.3, 0.4) is 0 Å². The second-order valence-corrected chi connectivity index (χ2v) is 7.27. The van der Waals surface area contributed by atoms with E-state index < -0.39 is 10.0 Å². The minimum Gasteiger partial charge on any atom is -0.348 e. The van der Waals surface area contributed by atoms with Crippen LogP contribution >= 0.6 is 15.9 Å². The number of primary sulfonamides is 1. The molecule has 0 saturated heterocycles. The Hall–Kier alpha value is -1.70. The molecule has 0 unspecified atom stereocenters. The average molecular weight is 383 g/mol. The number of rotatable bonds is 4. The van der Waals surface area contributed by atoms with Gasteiger partial charge < -0.3 is 5.32 Å². The van der Waals surface area contributed by atoms with Crippen LogP contribution in [0.5, 0.6) is 0 Å². The summed E-state index contributed by atoms with van der Waals surface area (Å²) in [6.45, 7) is 2.32. The Bertz CT molecular complexity index is 819. The molecule has 0 radical (unpaired) electrons. The molecule has 0 aromatic heterocycles. The van der Waals surface area contributed by atoms with E-state index in [2.05, 4.69) is 21.2 Å². The van der Waals surface area contributed by atoms with Crippen molar-refractivity contribution in [3.8, 4) is 0 Å². The van der Waals surface area contributed by atoms with Crippen molar-refractivity contribution >= 4 is 31.9 Å². The van der Waals surface area contributed by atoms with Gasteiger partial charge in [0.25, 0.3) is 5.91 Å². The molecule has 7 heteroatoms. The van der Waals surface area contributed by atoms with Crippen molar-refractivity contribution in [2.75, 3.05) is 0 Å². The molecule has 0 saturated carbocycles. The first-order valence-corrected chi connectivity index (χ1v) is 8.77. The lowest BCUT2D eigenvalue weighted by atomic mass is 10.1. The van der Waals surface area contributed by atoms with E-state index in [-0.39, 0.29) is 16.4 Å². The number of aryl methyl sites for hydroxylation is 1. The van der Waals surface area contributed by atoms with E-state index in [1.165, 1.54) is 18.2 Å². The summed E-state index contributed by atoms with van der Waals surface area (Å²) in [4.78, 5) is 12.1. The Balaban J connectivity index is 2.19. The fourth-order valence-electron chi connectivity index (χ4n) is 1.96. The van der Waals surface area contributed by atoms with Crippen LogP contribution in [0.15, 0.2) is 51.8 Å². The molecule has 0 heterocycles. The normalized spacial score (nSPS) is 11.2. The van der Waals surface area contributed by atoms with Gasteiger partial charge in [-0.15, -0.1) is 0 Å². The van der Waals surface area contributed by atoms with Gasteiger partial charge in [0.15, 0.2) is 0 Å². The van der Waals surface area contributed by atoms with Gasteiger partial charge in [0.1, 0.15) is 0 Å². The van der Waals surface area contributed by atoms with Crippen LogP contribution in [0.1, 0.15) is 21.5 Å². The highest BCUT2D eigenvalue weighted by atomic mass is 79.9. The number of amides is 1. The predicted octanol–water partition coefficient (Wildman–Crippen LogP) is 2.33. The number of halogens is 1. The lowest BCUT2D eigenvalue weighted by Gasteiger charge is -2.09. The molecule has 2 aromatic rings. The minimum atomic E-state index is -3.85. The van der Waals surface area contributed by atoms with Gasteiger partial charge in [-0.25, -0.2) is 13.6 Å². The number of benzene rings is 2. The van der Waals surface area contributed by atoms with Crippen molar-refractivity contribution in [1.29, 1.82) is 0 Å². The molecule has 116 valence electrons. The lowest BCUT2D eigenvalue weighted by molar-refractivity contribution is 0.0950. The van der Waals surface area contributed by atoms with Gasteiger partial charge in [-0.05, 0) is 46.6 Å². The van der Waals surface area contributed by atoms with Crippen LogP contribution in [0.2, 0.25) is 0 Å². The van der Waals surface area contributed by atoms with Crippen LogP contribution in [-0.2, 0) is 16.6 Å². The van der Waals surface area contributed by atoms with Crippen LogP contribution in [0.4, 0.5) is 0 Å². The number of sulfonamides is 1. The van der Waals surface area contributed by atoms with Crippen LogP contribution in [0.25, 0.3) is 0 Å². The van der Waals surface area contributed by atoms with Gasteiger partial charge in [-0.3, -0.25) is 4.79 Å². The Kier molecular flexibility index (Phi) is 5.00. The van der Waals surface area contributed by atoms with E-state index in [0.717, 1.165) is 11.1 Å². The molecule has 0 fully saturated rings. The molecule has 0 atom stereocenters.